The van der Waals surface area contributed by atoms with Crippen molar-refractivity contribution in [1.29, 1.82) is 0 Å². The number of halogens is 1. The number of nitrogens with one attached hydrogen (secondary N) is 1. The number of piperidine rings is 1. The van der Waals surface area contributed by atoms with Crippen molar-refractivity contribution >= 4 is 23.5 Å². The Morgan fingerprint density at radius 3 is 2.96 bits per heavy atom. The number of aromatic nitrogens is 2. The van der Waals surface area contributed by atoms with Crippen LogP contribution in [0.2, 0.25) is 5.02 Å². The van der Waals surface area contributed by atoms with E-state index in [1.54, 1.807) is 6.07 Å². The summed E-state index contributed by atoms with van der Waals surface area (Å²) < 4.78 is 0. The van der Waals surface area contributed by atoms with E-state index in [0.29, 0.717) is 29.1 Å². The van der Waals surface area contributed by atoms with Crippen molar-refractivity contribution in [1.82, 2.24) is 15.3 Å². The Hall–Kier alpha value is -2.14. The lowest BCUT2D eigenvalue weighted by atomic mass is 10.0. The molecule has 1 amide bonds. The zero-order valence-electron chi connectivity index (χ0n) is 15.3. The van der Waals surface area contributed by atoms with Crippen LogP contribution in [0.5, 0.6) is 0 Å². The molecule has 0 aliphatic carbocycles. The molecule has 0 radical (unpaired) electrons. The van der Waals surface area contributed by atoms with Gasteiger partial charge in [-0.3, -0.25) is 4.79 Å². The van der Waals surface area contributed by atoms with Gasteiger partial charge in [0.1, 0.15) is 5.69 Å². The highest BCUT2D eigenvalue weighted by molar-refractivity contribution is 6.30. The fourth-order valence-corrected chi connectivity index (χ4v) is 3.50. The van der Waals surface area contributed by atoms with Crippen LogP contribution < -0.4 is 10.2 Å². The Morgan fingerprint density at radius 2 is 2.19 bits per heavy atom. The predicted molar refractivity (Wildman–Crippen MR) is 105 cm³/mol. The van der Waals surface area contributed by atoms with E-state index < -0.39 is 0 Å². The second kappa shape index (κ2) is 8.49. The topological polar surface area (TPSA) is 58.1 Å². The Morgan fingerprint density at radius 1 is 1.35 bits per heavy atom. The number of aryl methyl sites for hydroxylation is 1. The fourth-order valence-electron chi connectivity index (χ4n) is 3.29. The molecule has 1 aliphatic rings. The van der Waals surface area contributed by atoms with Crippen LogP contribution in [0.3, 0.4) is 0 Å². The number of carbonyl (C=O) groups excluding carboxylic acids is 1. The molecule has 5 nitrogen and oxygen atoms in total. The monoisotopic (exact) mass is 372 g/mol. The third-order valence-corrected chi connectivity index (χ3v) is 4.84. The maximum absolute atomic E-state index is 12.5. The molecule has 3 rings (SSSR count). The van der Waals surface area contributed by atoms with Crippen molar-refractivity contribution < 1.29 is 4.79 Å². The number of hydrogen-bond acceptors (Lipinski definition) is 4. The van der Waals surface area contributed by atoms with Crippen LogP contribution >= 0.6 is 11.6 Å². The Labute approximate surface area is 159 Å². The summed E-state index contributed by atoms with van der Waals surface area (Å²) in [6, 6.07) is 9.42. The maximum atomic E-state index is 12.5. The van der Waals surface area contributed by atoms with Crippen molar-refractivity contribution in [2.24, 2.45) is 5.92 Å². The molecule has 1 unspecified atom stereocenters. The molecule has 2 heterocycles. The lowest BCUT2D eigenvalue weighted by molar-refractivity contribution is 0.0949. The van der Waals surface area contributed by atoms with Gasteiger partial charge in [-0.25, -0.2) is 9.97 Å². The standard InChI is InChI=1S/C20H25ClN4O/c1-14-5-4-10-25(13-14)20-23-15(2)11-18(24-20)19(26)22-9-8-16-6-3-7-17(21)12-16/h3,6-7,11-12,14H,4-5,8-10,13H2,1-2H3,(H,22,26). The molecule has 138 valence electrons. The minimum Gasteiger partial charge on any atom is -0.350 e. The van der Waals surface area contributed by atoms with E-state index in [4.69, 9.17) is 11.6 Å². The summed E-state index contributed by atoms with van der Waals surface area (Å²) in [5.41, 5.74) is 2.34. The molecule has 6 heteroatoms. The first kappa shape index (κ1) is 18.6. The molecule has 0 bridgehead atoms. The van der Waals surface area contributed by atoms with E-state index in [-0.39, 0.29) is 5.91 Å². The number of benzene rings is 1. The molecule has 1 aromatic heterocycles. The summed E-state index contributed by atoms with van der Waals surface area (Å²) >= 11 is 5.99. The zero-order chi connectivity index (χ0) is 18.5. The van der Waals surface area contributed by atoms with Crippen LogP contribution in [0.25, 0.3) is 0 Å². The Bertz CT molecular complexity index is 780. The van der Waals surface area contributed by atoms with Gasteiger partial charge in [-0.1, -0.05) is 30.7 Å². The van der Waals surface area contributed by atoms with Gasteiger partial charge >= 0.3 is 0 Å². The maximum Gasteiger partial charge on any atom is 0.270 e. The quantitative estimate of drug-likeness (QED) is 0.870. The molecular formula is C20H25ClN4O. The van der Waals surface area contributed by atoms with E-state index in [9.17, 15) is 4.79 Å². The molecule has 2 aromatic rings. The molecule has 1 atom stereocenters. The highest BCUT2D eigenvalue weighted by Gasteiger charge is 2.20. The SMILES string of the molecule is Cc1cc(C(=O)NCCc2cccc(Cl)c2)nc(N2CCCC(C)C2)n1. The van der Waals surface area contributed by atoms with Crippen LogP contribution in [-0.2, 0) is 6.42 Å². The van der Waals surface area contributed by atoms with Gasteiger partial charge in [0.2, 0.25) is 5.95 Å². The van der Waals surface area contributed by atoms with Gasteiger partial charge in [0.15, 0.2) is 0 Å². The van der Waals surface area contributed by atoms with Gasteiger partial charge in [0, 0.05) is 30.4 Å². The van der Waals surface area contributed by atoms with E-state index in [1.165, 1.54) is 6.42 Å². The number of rotatable bonds is 5. The van der Waals surface area contributed by atoms with Gasteiger partial charge in [0.05, 0.1) is 0 Å². The van der Waals surface area contributed by atoms with E-state index in [1.807, 2.05) is 31.2 Å². The van der Waals surface area contributed by atoms with Gasteiger partial charge in [-0.05, 0) is 55.9 Å². The van der Waals surface area contributed by atoms with Crippen LogP contribution in [0.1, 0.15) is 41.5 Å². The number of amides is 1. The largest absolute Gasteiger partial charge is 0.350 e. The number of hydrogen-bond donors (Lipinski definition) is 1. The summed E-state index contributed by atoms with van der Waals surface area (Å²) in [6.45, 7) is 6.58. The van der Waals surface area contributed by atoms with Gasteiger partial charge in [0.25, 0.3) is 5.91 Å². The normalized spacial score (nSPS) is 17.2. The first-order valence-corrected chi connectivity index (χ1v) is 9.52. The van der Waals surface area contributed by atoms with Crippen LogP contribution in [0.15, 0.2) is 30.3 Å². The van der Waals surface area contributed by atoms with Crippen molar-refractivity contribution in [3.05, 3.63) is 52.3 Å². The zero-order valence-corrected chi connectivity index (χ0v) is 16.1. The van der Waals surface area contributed by atoms with Crippen molar-refractivity contribution in [2.45, 2.75) is 33.1 Å². The summed E-state index contributed by atoms with van der Waals surface area (Å²) in [7, 11) is 0. The summed E-state index contributed by atoms with van der Waals surface area (Å²) in [4.78, 5) is 23.7. The average Bonchev–Trinajstić information content (AvgIpc) is 2.61. The fraction of sp³-hybridized carbons (Fsp3) is 0.450. The molecule has 1 aliphatic heterocycles. The van der Waals surface area contributed by atoms with Crippen LogP contribution in [-0.4, -0.2) is 35.5 Å². The molecule has 1 fully saturated rings. The van der Waals surface area contributed by atoms with E-state index in [2.05, 4.69) is 27.1 Å². The highest BCUT2D eigenvalue weighted by Crippen LogP contribution is 2.20. The minimum absolute atomic E-state index is 0.163. The Kier molecular flexibility index (Phi) is 6.09. The average molecular weight is 373 g/mol. The first-order valence-electron chi connectivity index (χ1n) is 9.14. The molecular weight excluding hydrogens is 348 g/mol. The molecule has 1 saturated heterocycles. The van der Waals surface area contributed by atoms with Crippen molar-refractivity contribution in [3.8, 4) is 0 Å². The summed E-state index contributed by atoms with van der Waals surface area (Å²) in [6.07, 6.45) is 3.10. The van der Waals surface area contributed by atoms with Crippen molar-refractivity contribution in [2.75, 3.05) is 24.5 Å². The predicted octanol–water partition coefficient (Wildman–Crippen LogP) is 3.65. The minimum atomic E-state index is -0.163. The molecule has 0 saturated carbocycles. The third-order valence-electron chi connectivity index (χ3n) is 4.60. The second-order valence-corrected chi connectivity index (χ2v) is 7.46. The van der Waals surface area contributed by atoms with E-state index >= 15 is 0 Å². The van der Waals surface area contributed by atoms with Crippen molar-refractivity contribution in [3.63, 3.8) is 0 Å². The van der Waals surface area contributed by atoms with Gasteiger partial charge in [-0.15, -0.1) is 0 Å². The van der Waals surface area contributed by atoms with Crippen LogP contribution in [0, 0.1) is 12.8 Å². The molecule has 0 spiro atoms. The first-order chi connectivity index (χ1) is 12.5. The smallest absolute Gasteiger partial charge is 0.270 e. The summed E-state index contributed by atoms with van der Waals surface area (Å²) in [5.74, 6) is 1.13. The van der Waals surface area contributed by atoms with E-state index in [0.717, 1.165) is 37.2 Å². The molecule has 1 N–H and O–H groups in total. The second-order valence-electron chi connectivity index (χ2n) is 7.02. The summed E-state index contributed by atoms with van der Waals surface area (Å²) in [5, 5.41) is 3.65. The van der Waals surface area contributed by atoms with Gasteiger partial charge in [-0.2, -0.15) is 0 Å². The number of anilines is 1. The Balaban J connectivity index is 1.63. The molecule has 26 heavy (non-hydrogen) atoms. The van der Waals surface area contributed by atoms with Crippen LogP contribution in [0.4, 0.5) is 5.95 Å². The lowest BCUT2D eigenvalue weighted by Crippen LogP contribution is -2.36. The number of nitrogens with zero attached hydrogens (tertiary/aromatic N) is 3. The molecule has 1 aromatic carbocycles. The number of carbonyl (C=O) groups is 1. The third kappa shape index (κ3) is 4.94. The lowest BCUT2D eigenvalue weighted by Gasteiger charge is -2.31. The highest BCUT2D eigenvalue weighted by atomic mass is 35.5. The van der Waals surface area contributed by atoms with Gasteiger partial charge < -0.3 is 10.2 Å².